The van der Waals surface area contributed by atoms with E-state index in [1.54, 1.807) is 12.1 Å². The number of methoxy groups -OCH3 is 1. The molecular weight excluding hydrogens is 304 g/mol. The van der Waals surface area contributed by atoms with Crippen molar-refractivity contribution in [2.75, 3.05) is 20.2 Å². The first-order valence-corrected chi connectivity index (χ1v) is 8.32. The number of amides is 1. The van der Waals surface area contributed by atoms with Crippen LogP contribution in [0.1, 0.15) is 40.6 Å². The molecule has 0 atom stereocenters. The van der Waals surface area contributed by atoms with Crippen molar-refractivity contribution >= 4 is 5.91 Å². The highest BCUT2D eigenvalue weighted by atomic mass is 16.5. The fourth-order valence-electron chi connectivity index (χ4n) is 3.57. The summed E-state index contributed by atoms with van der Waals surface area (Å²) in [6.07, 6.45) is 1.86. The third kappa shape index (κ3) is 2.98. The van der Waals surface area contributed by atoms with E-state index in [2.05, 4.69) is 30.5 Å². The number of hydrogen-bond donors (Lipinski definition) is 1. The zero-order valence-corrected chi connectivity index (χ0v) is 14.5. The zero-order chi connectivity index (χ0) is 17.3. The third-order valence-corrected chi connectivity index (χ3v) is 4.88. The van der Waals surface area contributed by atoms with Gasteiger partial charge in [0, 0.05) is 36.6 Å². The van der Waals surface area contributed by atoms with Crippen molar-refractivity contribution in [1.29, 1.82) is 0 Å². The van der Waals surface area contributed by atoms with E-state index in [4.69, 9.17) is 4.74 Å². The number of ether oxygens (including phenoxy) is 1. The summed E-state index contributed by atoms with van der Waals surface area (Å²) in [4.78, 5) is 14.5. The van der Waals surface area contributed by atoms with Gasteiger partial charge in [-0.05, 0) is 51.0 Å². The minimum atomic E-state index is -0.116. The lowest BCUT2D eigenvalue weighted by Crippen LogP contribution is -2.39. The molecule has 0 bridgehead atoms. The second-order valence-corrected chi connectivity index (χ2v) is 6.39. The second-order valence-electron chi connectivity index (χ2n) is 6.39. The van der Waals surface area contributed by atoms with Gasteiger partial charge in [-0.15, -0.1) is 0 Å². The first-order valence-electron chi connectivity index (χ1n) is 8.32. The fraction of sp³-hybridized carbons (Fsp3) is 0.421. The number of likely N-dealkylation sites (tertiary alicyclic amines) is 1. The fourth-order valence-corrected chi connectivity index (χ4v) is 3.57. The van der Waals surface area contributed by atoms with Crippen LogP contribution in [-0.2, 0) is 0 Å². The molecule has 1 fully saturated rings. The summed E-state index contributed by atoms with van der Waals surface area (Å²) < 4.78 is 7.43. The number of hydrogen-bond acceptors (Lipinski definition) is 3. The van der Waals surface area contributed by atoms with Crippen LogP contribution in [-0.4, -0.2) is 40.7 Å². The number of carbonyl (C=O) groups excluding carboxylic acids is 1. The summed E-state index contributed by atoms with van der Waals surface area (Å²) >= 11 is 0. The SMILES string of the molecule is COc1ccc(C(=O)N2CCC(n3c(C)ccc3C)CC2)c(O)c1. The number of benzene rings is 1. The zero-order valence-electron chi connectivity index (χ0n) is 14.5. The van der Waals surface area contributed by atoms with Gasteiger partial charge in [-0.25, -0.2) is 0 Å². The Morgan fingerprint density at radius 1 is 1.12 bits per heavy atom. The van der Waals surface area contributed by atoms with Gasteiger partial charge in [-0.1, -0.05) is 0 Å². The van der Waals surface area contributed by atoms with E-state index in [1.165, 1.54) is 24.6 Å². The summed E-state index contributed by atoms with van der Waals surface area (Å²) in [5.74, 6) is 0.398. The molecule has 5 nitrogen and oxygen atoms in total. The molecule has 0 saturated carbocycles. The van der Waals surface area contributed by atoms with Gasteiger partial charge in [0.2, 0.25) is 0 Å². The van der Waals surface area contributed by atoms with E-state index in [9.17, 15) is 9.90 Å². The summed E-state index contributed by atoms with van der Waals surface area (Å²) in [7, 11) is 1.53. The van der Waals surface area contributed by atoms with Crippen LogP contribution < -0.4 is 4.74 Å². The predicted octanol–water partition coefficient (Wildman–Crippen LogP) is 3.30. The van der Waals surface area contributed by atoms with Crippen molar-refractivity contribution in [2.45, 2.75) is 32.7 Å². The topological polar surface area (TPSA) is 54.7 Å². The molecule has 1 saturated heterocycles. The van der Waals surface area contributed by atoms with Gasteiger partial charge in [-0.3, -0.25) is 4.79 Å². The number of aryl methyl sites for hydroxylation is 2. The number of aromatic hydroxyl groups is 1. The Morgan fingerprint density at radius 2 is 1.75 bits per heavy atom. The monoisotopic (exact) mass is 328 g/mol. The first-order chi connectivity index (χ1) is 11.5. The Bertz CT molecular complexity index is 724. The quantitative estimate of drug-likeness (QED) is 0.940. The molecule has 5 heteroatoms. The molecule has 24 heavy (non-hydrogen) atoms. The van der Waals surface area contributed by atoms with Gasteiger partial charge >= 0.3 is 0 Å². The lowest BCUT2D eigenvalue weighted by atomic mass is 10.0. The van der Waals surface area contributed by atoms with Gasteiger partial charge in [0.05, 0.1) is 12.7 Å². The van der Waals surface area contributed by atoms with Crippen LogP contribution in [0.4, 0.5) is 0 Å². The van der Waals surface area contributed by atoms with E-state index in [0.29, 0.717) is 30.4 Å². The normalized spacial score (nSPS) is 15.5. The van der Waals surface area contributed by atoms with Crippen LogP contribution in [0, 0.1) is 13.8 Å². The summed E-state index contributed by atoms with van der Waals surface area (Å²) in [5, 5.41) is 10.1. The molecule has 1 aliphatic heterocycles. The van der Waals surface area contributed by atoms with Crippen molar-refractivity contribution in [3.8, 4) is 11.5 Å². The van der Waals surface area contributed by atoms with Gasteiger partial charge in [0.25, 0.3) is 5.91 Å². The molecule has 1 N–H and O–H groups in total. The van der Waals surface area contributed by atoms with Crippen LogP contribution in [0.25, 0.3) is 0 Å². The number of nitrogens with zero attached hydrogens (tertiary/aromatic N) is 2. The Hall–Kier alpha value is -2.43. The Balaban J connectivity index is 1.69. The van der Waals surface area contributed by atoms with Crippen molar-refractivity contribution < 1.29 is 14.6 Å². The largest absolute Gasteiger partial charge is 0.507 e. The number of piperidine rings is 1. The molecule has 0 radical (unpaired) electrons. The van der Waals surface area contributed by atoms with E-state index in [0.717, 1.165) is 12.8 Å². The maximum Gasteiger partial charge on any atom is 0.257 e. The highest BCUT2D eigenvalue weighted by molar-refractivity contribution is 5.97. The summed E-state index contributed by atoms with van der Waals surface area (Å²) in [6, 6.07) is 9.53. The summed E-state index contributed by atoms with van der Waals surface area (Å²) in [5.41, 5.74) is 2.87. The number of aromatic nitrogens is 1. The lowest BCUT2D eigenvalue weighted by molar-refractivity contribution is 0.0690. The van der Waals surface area contributed by atoms with Crippen molar-refractivity contribution in [3.05, 3.63) is 47.3 Å². The molecule has 2 aromatic rings. The van der Waals surface area contributed by atoms with Crippen LogP contribution in [0.3, 0.4) is 0 Å². The van der Waals surface area contributed by atoms with Gasteiger partial charge in [0.15, 0.2) is 0 Å². The Kier molecular flexibility index (Phi) is 4.51. The highest BCUT2D eigenvalue weighted by Crippen LogP contribution is 2.29. The van der Waals surface area contributed by atoms with E-state index >= 15 is 0 Å². The van der Waals surface area contributed by atoms with E-state index in [-0.39, 0.29) is 11.7 Å². The van der Waals surface area contributed by atoms with Crippen molar-refractivity contribution in [1.82, 2.24) is 9.47 Å². The van der Waals surface area contributed by atoms with Crippen LogP contribution in [0.5, 0.6) is 11.5 Å². The van der Waals surface area contributed by atoms with Crippen LogP contribution in [0.2, 0.25) is 0 Å². The first kappa shape index (κ1) is 16.4. The predicted molar refractivity (Wildman–Crippen MR) is 92.7 cm³/mol. The second kappa shape index (κ2) is 6.59. The minimum absolute atomic E-state index is 0.0291. The summed E-state index contributed by atoms with van der Waals surface area (Å²) in [6.45, 7) is 5.65. The minimum Gasteiger partial charge on any atom is -0.507 e. The Morgan fingerprint density at radius 3 is 2.29 bits per heavy atom. The molecule has 2 heterocycles. The number of phenolic OH excluding ortho intramolecular Hbond substituents is 1. The number of rotatable bonds is 3. The molecule has 1 aliphatic rings. The molecule has 1 amide bonds. The third-order valence-electron chi connectivity index (χ3n) is 4.88. The van der Waals surface area contributed by atoms with E-state index in [1.807, 2.05) is 4.90 Å². The number of carbonyl (C=O) groups is 1. The average Bonchev–Trinajstić information content (AvgIpc) is 2.93. The smallest absolute Gasteiger partial charge is 0.257 e. The van der Waals surface area contributed by atoms with Gasteiger partial charge in [-0.2, -0.15) is 0 Å². The maximum absolute atomic E-state index is 12.7. The molecular formula is C19H24N2O3. The average molecular weight is 328 g/mol. The molecule has 3 rings (SSSR count). The van der Waals surface area contributed by atoms with Gasteiger partial charge in [0.1, 0.15) is 11.5 Å². The molecule has 1 aromatic heterocycles. The number of phenols is 1. The van der Waals surface area contributed by atoms with Crippen LogP contribution in [0.15, 0.2) is 30.3 Å². The standard InChI is InChI=1S/C19H24N2O3/c1-13-4-5-14(2)21(13)15-8-10-20(11-9-15)19(23)17-7-6-16(24-3)12-18(17)22/h4-7,12,15,22H,8-11H2,1-3H3. The van der Waals surface area contributed by atoms with E-state index < -0.39 is 0 Å². The molecule has 0 unspecified atom stereocenters. The molecule has 0 aliphatic carbocycles. The van der Waals surface area contributed by atoms with Crippen molar-refractivity contribution in [2.24, 2.45) is 0 Å². The maximum atomic E-state index is 12.7. The molecule has 128 valence electrons. The van der Waals surface area contributed by atoms with Crippen molar-refractivity contribution in [3.63, 3.8) is 0 Å². The van der Waals surface area contributed by atoms with Crippen LogP contribution >= 0.6 is 0 Å². The molecule has 1 aromatic carbocycles. The Labute approximate surface area is 142 Å². The highest BCUT2D eigenvalue weighted by Gasteiger charge is 2.26. The lowest BCUT2D eigenvalue weighted by Gasteiger charge is -2.34. The molecule has 0 spiro atoms. The van der Waals surface area contributed by atoms with Gasteiger partial charge < -0.3 is 19.3 Å².